The molecule has 21 heavy (non-hydrogen) atoms. The second-order valence-corrected chi connectivity index (χ2v) is 5.52. The van der Waals surface area contributed by atoms with Crippen molar-refractivity contribution in [3.05, 3.63) is 70.2 Å². The summed E-state index contributed by atoms with van der Waals surface area (Å²) in [4.78, 5) is 11.7. The summed E-state index contributed by atoms with van der Waals surface area (Å²) in [6.45, 7) is 2.52. The zero-order valence-electron chi connectivity index (χ0n) is 11.8. The molecule has 0 amide bonds. The predicted octanol–water partition coefficient (Wildman–Crippen LogP) is 4.14. The molecule has 0 bridgehead atoms. The average Bonchev–Trinajstić information content (AvgIpc) is 2.82. The van der Waals surface area contributed by atoms with Gasteiger partial charge in [-0.2, -0.15) is 0 Å². The fraction of sp³-hybridized carbons (Fsp3) is 0.235. The van der Waals surface area contributed by atoms with Crippen molar-refractivity contribution >= 4 is 22.7 Å². The number of halogens is 1. The highest BCUT2D eigenvalue weighted by Gasteiger charge is 2.13. The topological polar surface area (TPSA) is 35.1 Å². The molecule has 0 saturated carbocycles. The van der Waals surface area contributed by atoms with E-state index in [1.54, 1.807) is 4.57 Å². The van der Waals surface area contributed by atoms with Gasteiger partial charge in [-0.05, 0) is 36.6 Å². The Kier molecular flexibility index (Phi) is 3.84. The Balaban J connectivity index is 1.92. The van der Waals surface area contributed by atoms with Gasteiger partial charge in [-0.15, -0.1) is 11.6 Å². The molecule has 108 valence electrons. The predicted molar refractivity (Wildman–Crippen MR) is 84.9 cm³/mol. The number of aryl methyl sites for hydroxylation is 1. The third-order valence-corrected chi connectivity index (χ3v) is 4.03. The van der Waals surface area contributed by atoms with Crippen molar-refractivity contribution < 1.29 is 4.42 Å². The SMILES string of the molecule is CCn1c(=O)oc2cc(C(Cl)Cc3ccccc3)ccc21. The number of aromatic nitrogens is 1. The second-order valence-electron chi connectivity index (χ2n) is 5.00. The third kappa shape index (κ3) is 2.74. The van der Waals surface area contributed by atoms with Crippen LogP contribution in [0.25, 0.3) is 11.1 Å². The van der Waals surface area contributed by atoms with Crippen LogP contribution < -0.4 is 5.76 Å². The number of alkyl halides is 1. The number of fused-ring (bicyclic) bond motifs is 1. The van der Waals surface area contributed by atoms with Gasteiger partial charge in [0.2, 0.25) is 0 Å². The summed E-state index contributed by atoms with van der Waals surface area (Å²) in [6, 6.07) is 15.8. The Bertz CT molecular complexity index is 805. The first-order valence-electron chi connectivity index (χ1n) is 7.00. The van der Waals surface area contributed by atoms with E-state index in [0.717, 1.165) is 17.5 Å². The summed E-state index contributed by atoms with van der Waals surface area (Å²) in [5.41, 5.74) is 3.56. The summed E-state index contributed by atoms with van der Waals surface area (Å²) in [5.74, 6) is -0.321. The number of benzene rings is 2. The lowest BCUT2D eigenvalue weighted by Gasteiger charge is -2.10. The molecule has 1 aromatic heterocycles. The summed E-state index contributed by atoms with van der Waals surface area (Å²) in [5, 5.41) is -0.146. The van der Waals surface area contributed by atoms with Gasteiger partial charge in [-0.1, -0.05) is 36.4 Å². The van der Waals surface area contributed by atoms with Crippen molar-refractivity contribution in [2.45, 2.75) is 25.3 Å². The molecule has 3 aromatic rings. The van der Waals surface area contributed by atoms with Crippen molar-refractivity contribution in [3.8, 4) is 0 Å². The molecule has 2 aromatic carbocycles. The quantitative estimate of drug-likeness (QED) is 0.679. The van der Waals surface area contributed by atoms with E-state index in [2.05, 4.69) is 12.1 Å². The van der Waals surface area contributed by atoms with E-state index in [4.69, 9.17) is 16.0 Å². The van der Waals surface area contributed by atoms with Crippen LogP contribution in [-0.4, -0.2) is 4.57 Å². The molecular formula is C17H16ClNO2. The molecule has 1 atom stereocenters. The number of oxazole rings is 1. The van der Waals surface area contributed by atoms with Crippen molar-refractivity contribution in [2.24, 2.45) is 0 Å². The minimum Gasteiger partial charge on any atom is -0.408 e. The highest BCUT2D eigenvalue weighted by molar-refractivity contribution is 6.21. The molecule has 0 aliphatic rings. The van der Waals surface area contributed by atoms with E-state index in [0.29, 0.717) is 12.1 Å². The van der Waals surface area contributed by atoms with Crippen LogP contribution in [0.2, 0.25) is 0 Å². The summed E-state index contributed by atoms with van der Waals surface area (Å²) >= 11 is 6.49. The lowest BCUT2D eigenvalue weighted by Crippen LogP contribution is -2.11. The second kappa shape index (κ2) is 5.78. The van der Waals surface area contributed by atoms with Gasteiger partial charge < -0.3 is 4.42 Å². The number of rotatable bonds is 4. The van der Waals surface area contributed by atoms with Gasteiger partial charge >= 0.3 is 5.76 Å². The van der Waals surface area contributed by atoms with Crippen LogP contribution in [0, 0.1) is 0 Å². The standard InChI is InChI=1S/C17H16ClNO2/c1-2-19-15-9-8-13(11-16(15)21-17(19)20)14(18)10-12-6-4-3-5-7-12/h3-9,11,14H,2,10H2,1H3. The molecule has 0 fully saturated rings. The van der Waals surface area contributed by atoms with E-state index in [-0.39, 0.29) is 11.1 Å². The molecular weight excluding hydrogens is 286 g/mol. The maximum Gasteiger partial charge on any atom is 0.419 e. The molecule has 3 nitrogen and oxygen atoms in total. The first kappa shape index (κ1) is 14.0. The number of hydrogen-bond acceptors (Lipinski definition) is 2. The molecule has 0 radical (unpaired) electrons. The van der Waals surface area contributed by atoms with Crippen molar-refractivity contribution in [1.29, 1.82) is 0 Å². The van der Waals surface area contributed by atoms with Crippen LogP contribution in [0.4, 0.5) is 0 Å². The molecule has 3 rings (SSSR count). The van der Waals surface area contributed by atoms with Crippen LogP contribution in [0.3, 0.4) is 0 Å². The first-order valence-corrected chi connectivity index (χ1v) is 7.44. The van der Waals surface area contributed by atoms with E-state index in [9.17, 15) is 4.79 Å². The smallest absolute Gasteiger partial charge is 0.408 e. The van der Waals surface area contributed by atoms with E-state index in [1.807, 2.05) is 43.3 Å². The van der Waals surface area contributed by atoms with Crippen LogP contribution in [0.1, 0.15) is 23.4 Å². The molecule has 4 heteroatoms. The van der Waals surface area contributed by atoms with Crippen LogP contribution in [-0.2, 0) is 13.0 Å². The van der Waals surface area contributed by atoms with Crippen LogP contribution >= 0.6 is 11.6 Å². The van der Waals surface area contributed by atoms with Crippen molar-refractivity contribution in [3.63, 3.8) is 0 Å². The molecule has 0 saturated heterocycles. The molecule has 0 aliphatic carbocycles. The van der Waals surface area contributed by atoms with Gasteiger partial charge in [0.25, 0.3) is 0 Å². The highest BCUT2D eigenvalue weighted by Crippen LogP contribution is 2.27. The zero-order chi connectivity index (χ0) is 14.8. The zero-order valence-corrected chi connectivity index (χ0v) is 12.5. The minimum absolute atomic E-state index is 0.146. The monoisotopic (exact) mass is 301 g/mol. The fourth-order valence-corrected chi connectivity index (χ4v) is 2.83. The lowest BCUT2D eigenvalue weighted by atomic mass is 10.0. The fourth-order valence-electron chi connectivity index (χ4n) is 2.52. The van der Waals surface area contributed by atoms with Gasteiger partial charge in [0.15, 0.2) is 5.58 Å². The molecule has 1 unspecified atom stereocenters. The average molecular weight is 302 g/mol. The van der Waals surface area contributed by atoms with E-state index in [1.165, 1.54) is 5.56 Å². The van der Waals surface area contributed by atoms with Gasteiger partial charge in [0.1, 0.15) is 0 Å². The molecule has 0 N–H and O–H groups in total. The summed E-state index contributed by atoms with van der Waals surface area (Å²) < 4.78 is 6.89. The molecule has 0 spiro atoms. The Morgan fingerprint density at radius 3 is 2.67 bits per heavy atom. The van der Waals surface area contributed by atoms with Crippen LogP contribution in [0.5, 0.6) is 0 Å². The largest absolute Gasteiger partial charge is 0.419 e. The Labute approximate surface area is 127 Å². The third-order valence-electron chi connectivity index (χ3n) is 3.63. The Morgan fingerprint density at radius 1 is 1.19 bits per heavy atom. The summed E-state index contributed by atoms with van der Waals surface area (Å²) in [6.07, 6.45) is 0.743. The Hall–Kier alpha value is -2.00. The van der Waals surface area contributed by atoms with Crippen molar-refractivity contribution in [2.75, 3.05) is 0 Å². The maximum atomic E-state index is 11.7. The van der Waals surface area contributed by atoms with Gasteiger partial charge in [0, 0.05) is 6.54 Å². The minimum atomic E-state index is -0.321. The maximum absolute atomic E-state index is 11.7. The van der Waals surface area contributed by atoms with Gasteiger partial charge in [-0.25, -0.2) is 4.79 Å². The summed E-state index contributed by atoms with van der Waals surface area (Å²) in [7, 11) is 0. The van der Waals surface area contributed by atoms with Gasteiger partial charge in [0.05, 0.1) is 10.9 Å². The highest BCUT2D eigenvalue weighted by atomic mass is 35.5. The molecule has 0 aliphatic heterocycles. The van der Waals surface area contributed by atoms with Crippen molar-refractivity contribution in [1.82, 2.24) is 4.57 Å². The molecule has 1 heterocycles. The van der Waals surface area contributed by atoms with E-state index >= 15 is 0 Å². The lowest BCUT2D eigenvalue weighted by molar-refractivity contribution is 0.513. The van der Waals surface area contributed by atoms with Gasteiger partial charge in [-0.3, -0.25) is 4.57 Å². The van der Waals surface area contributed by atoms with Crippen LogP contribution in [0.15, 0.2) is 57.7 Å². The Morgan fingerprint density at radius 2 is 1.95 bits per heavy atom. The number of nitrogens with zero attached hydrogens (tertiary/aromatic N) is 1. The van der Waals surface area contributed by atoms with E-state index < -0.39 is 0 Å². The number of hydrogen-bond donors (Lipinski definition) is 0. The normalized spacial score (nSPS) is 12.7. The first-order chi connectivity index (χ1) is 10.2.